The van der Waals surface area contributed by atoms with Gasteiger partial charge in [0.2, 0.25) is 0 Å². The fraction of sp³-hybridized carbons (Fsp3) is 0.615. The number of hydrogen-bond donors (Lipinski definition) is 3. The molecular weight excluding hydrogens is 260 g/mol. The number of carbonyl (C=O) groups excluding carboxylic acids is 1. The molecule has 0 saturated carbocycles. The van der Waals surface area contributed by atoms with Gasteiger partial charge in [0.25, 0.3) is 0 Å². The first-order valence-electron chi connectivity index (χ1n) is 6.67. The molecular formula is C13H22N4O3. The molecule has 7 nitrogen and oxygen atoms in total. The lowest BCUT2D eigenvalue weighted by Crippen LogP contribution is -2.39. The van der Waals surface area contributed by atoms with E-state index in [9.17, 15) is 9.59 Å². The molecule has 7 heteroatoms. The summed E-state index contributed by atoms with van der Waals surface area (Å²) in [6.45, 7) is 4.30. The summed E-state index contributed by atoms with van der Waals surface area (Å²) in [5.41, 5.74) is 1.80. The molecule has 1 aromatic heterocycles. The summed E-state index contributed by atoms with van der Waals surface area (Å²) in [5, 5.41) is 18.4. The number of aromatic nitrogens is 2. The maximum atomic E-state index is 11.6. The highest BCUT2D eigenvalue weighted by Gasteiger charge is 2.17. The molecule has 0 aliphatic carbocycles. The molecule has 0 saturated heterocycles. The van der Waals surface area contributed by atoms with Gasteiger partial charge in [-0.1, -0.05) is 13.3 Å². The summed E-state index contributed by atoms with van der Waals surface area (Å²) in [7, 11) is 1.82. The lowest BCUT2D eigenvalue weighted by atomic mass is 10.0. The van der Waals surface area contributed by atoms with E-state index in [1.54, 1.807) is 4.68 Å². The predicted molar refractivity (Wildman–Crippen MR) is 74.2 cm³/mol. The van der Waals surface area contributed by atoms with E-state index in [-0.39, 0.29) is 12.6 Å². The number of nitrogens with zero attached hydrogens (tertiary/aromatic N) is 2. The fourth-order valence-corrected chi connectivity index (χ4v) is 1.94. The fourth-order valence-electron chi connectivity index (χ4n) is 1.94. The van der Waals surface area contributed by atoms with Gasteiger partial charge in [0.1, 0.15) is 0 Å². The van der Waals surface area contributed by atoms with Gasteiger partial charge < -0.3 is 15.7 Å². The van der Waals surface area contributed by atoms with Crippen LogP contribution in [0.1, 0.15) is 31.0 Å². The van der Waals surface area contributed by atoms with Gasteiger partial charge in [-0.2, -0.15) is 5.10 Å². The van der Waals surface area contributed by atoms with Crippen molar-refractivity contribution < 1.29 is 14.7 Å². The van der Waals surface area contributed by atoms with Crippen LogP contribution in [0.4, 0.5) is 4.79 Å². The second-order valence-corrected chi connectivity index (χ2v) is 4.80. The Kier molecular flexibility index (Phi) is 6.02. The van der Waals surface area contributed by atoms with Crippen molar-refractivity contribution in [3.05, 3.63) is 17.5 Å². The number of urea groups is 1. The Morgan fingerprint density at radius 1 is 1.45 bits per heavy atom. The van der Waals surface area contributed by atoms with Crippen LogP contribution in [-0.4, -0.2) is 33.4 Å². The van der Waals surface area contributed by atoms with Crippen molar-refractivity contribution in [1.29, 1.82) is 0 Å². The molecule has 0 fully saturated rings. The van der Waals surface area contributed by atoms with Gasteiger partial charge in [0.05, 0.1) is 11.6 Å². The van der Waals surface area contributed by atoms with Crippen LogP contribution < -0.4 is 10.6 Å². The predicted octanol–water partition coefficient (Wildman–Crippen LogP) is 1.03. The number of aryl methyl sites for hydroxylation is 2. The summed E-state index contributed by atoms with van der Waals surface area (Å²) >= 11 is 0. The van der Waals surface area contributed by atoms with Crippen LogP contribution in [0, 0.1) is 12.8 Å². The Balaban J connectivity index is 2.36. The lowest BCUT2D eigenvalue weighted by molar-refractivity contribution is -0.141. The smallest absolute Gasteiger partial charge is 0.315 e. The first-order valence-corrected chi connectivity index (χ1v) is 6.67. The summed E-state index contributed by atoms with van der Waals surface area (Å²) in [6.07, 6.45) is 3.17. The van der Waals surface area contributed by atoms with Crippen molar-refractivity contribution in [3.63, 3.8) is 0 Å². The van der Waals surface area contributed by atoms with Crippen LogP contribution in [0.15, 0.2) is 6.20 Å². The molecule has 20 heavy (non-hydrogen) atoms. The van der Waals surface area contributed by atoms with Gasteiger partial charge in [-0.3, -0.25) is 9.48 Å². The number of rotatable bonds is 7. The van der Waals surface area contributed by atoms with Gasteiger partial charge in [0.15, 0.2) is 0 Å². The average molecular weight is 282 g/mol. The number of carboxylic acids is 1. The summed E-state index contributed by atoms with van der Waals surface area (Å²) in [5.74, 6) is -1.42. The van der Waals surface area contributed by atoms with Gasteiger partial charge in [0, 0.05) is 31.9 Å². The minimum absolute atomic E-state index is 0.140. The van der Waals surface area contributed by atoms with Gasteiger partial charge in [-0.15, -0.1) is 0 Å². The molecule has 1 atom stereocenters. The highest BCUT2D eigenvalue weighted by molar-refractivity contribution is 5.75. The first-order chi connectivity index (χ1) is 9.43. The molecule has 1 unspecified atom stereocenters. The zero-order valence-electron chi connectivity index (χ0n) is 12.1. The number of amides is 2. The molecule has 1 aromatic rings. The van der Waals surface area contributed by atoms with E-state index < -0.39 is 11.9 Å². The van der Waals surface area contributed by atoms with Gasteiger partial charge in [-0.05, 0) is 13.3 Å². The van der Waals surface area contributed by atoms with E-state index in [2.05, 4.69) is 15.7 Å². The second-order valence-electron chi connectivity index (χ2n) is 4.80. The molecule has 0 bridgehead atoms. The molecule has 0 aliphatic rings. The van der Waals surface area contributed by atoms with Crippen LogP contribution in [0.25, 0.3) is 0 Å². The third-order valence-corrected chi connectivity index (χ3v) is 3.05. The standard InChI is InChI=1S/C13H22N4O3/c1-4-5-10(12(18)19)6-14-13(20)15-7-11-8-17(3)16-9(11)2/h8,10H,4-7H2,1-3H3,(H,18,19)(H2,14,15,20). The lowest BCUT2D eigenvalue weighted by Gasteiger charge is -2.12. The minimum Gasteiger partial charge on any atom is -0.481 e. The molecule has 2 amide bonds. The quantitative estimate of drug-likeness (QED) is 0.696. The Bertz CT molecular complexity index is 470. The monoisotopic (exact) mass is 282 g/mol. The number of carboxylic acid groups (broad SMARTS) is 1. The number of hydrogen-bond acceptors (Lipinski definition) is 3. The Morgan fingerprint density at radius 3 is 2.65 bits per heavy atom. The largest absolute Gasteiger partial charge is 0.481 e. The summed E-state index contributed by atoms with van der Waals surface area (Å²) in [4.78, 5) is 22.6. The molecule has 0 aromatic carbocycles. The Hall–Kier alpha value is -2.05. The molecule has 0 radical (unpaired) electrons. The zero-order valence-corrected chi connectivity index (χ0v) is 12.1. The maximum Gasteiger partial charge on any atom is 0.315 e. The van der Waals surface area contributed by atoms with Crippen molar-refractivity contribution in [2.24, 2.45) is 13.0 Å². The van der Waals surface area contributed by atoms with E-state index in [4.69, 9.17) is 5.11 Å². The first kappa shape index (κ1) is 16.0. The Labute approximate surface area is 118 Å². The molecule has 1 rings (SSSR count). The average Bonchev–Trinajstić information content (AvgIpc) is 2.70. The maximum absolute atomic E-state index is 11.6. The topological polar surface area (TPSA) is 96.3 Å². The van der Waals surface area contributed by atoms with E-state index >= 15 is 0 Å². The normalized spacial score (nSPS) is 11.9. The van der Waals surface area contributed by atoms with Crippen LogP contribution in [0.3, 0.4) is 0 Å². The van der Waals surface area contributed by atoms with E-state index in [0.717, 1.165) is 17.7 Å². The summed E-state index contributed by atoms with van der Waals surface area (Å²) in [6, 6.07) is -0.365. The van der Waals surface area contributed by atoms with Crippen molar-refractivity contribution in [1.82, 2.24) is 20.4 Å². The second kappa shape index (κ2) is 7.52. The van der Waals surface area contributed by atoms with Crippen molar-refractivity contribution in [2.45, 2.75) is 33.2 Å². The van der Waals surface area contributed by atoms with Crippen molar-refractivity contribution >= 4 is 12.0 Å². The third kappa shape index (κ3) is 4.91. The number of carbonyl (C=O) groups is 2. The molecule has 0 spiro atoms. The molecule has 0 aliphatic heterocycles. The van der Waals surface area contributed by atoms with Crippen LogP contribution in [0.2, 0.25) is 0 Å². The SMILES string of the molecule is CCCC(CNC(=O)NCc1cn(C)nc1C)C(=O)O. The van der Waals surface area contributed by atoms with Crippen LogP contribution in [-0.2, 0) is 18.4 Å². The number of nitrogens with one attached hydrogen (secondary N) is 2. The van der Waals surface area contributed by atoms with Gasteiger partial charge >= 0.3 is 12.0 Å². The highest BCUT2D eigenvalue weighted by atomic mass is 16.4. The highest BCUT2D eigenvalue weighted by Crippen LogP contribution is 2.05. The Morgan fingerprint density at radius 2 is 2.15 bits per heavy atom. The van der Waals surface area contributed by atoms with Crippen LogP contribution >= 0.6 is 0 Å². The summed E-state index contributed by atoms with van der Waals surface area (Å²) < 4.78 is 1.69. The third-order valence-electron chi connectivity index (χ3n) is 3.05. The minimum atomic E-state index is -0.879. The molecule has 3 N–H and O–H groups in total. The zero-order chi connectivity index (χ0) is 15.1. The van der Waals surface area contributed by atoms with Crippen LogP contribution in [0.5, 0.6) is 0 Å². The van der Waals surface area contributed by atoms with E-state index in [0.29, 0.717) is 13.0 Å². The van der Waals surface area contributed by atoms with Crippen molar-refractivity contribution in [3.8, 4) is 0 Å². The van der Waals surface area contributed by atoms with E-state index in [1.165, 1.54) is 0 Å². The number of aliphatic carboxylic acids is 1. The van der Waals surface area contributed by atoms with E-state index in [1.807, 2.05) is 27.1 Å². The van der Waals surface area contributed by atoms with Gasteiger partial charge in [-0.25, -0.2) is 4.79 Å². The molecule has 1 heterocycles. The molecule has 112 valence electrons. The van der Waals surface area contributed by atoms with Crippen molar-refractivity contribution in [2.75, 3.05) is 6.54 Å².